The van der Waals surface area contributed by atoms with E-state index in [1.165, 1.54) is 0 Å². The smallest absolute Gasteiger partial charge is 0.0466 e. The van der Waals surface area contributed by atoms with Gasteiger partial charge in [-0.05, 0) is 25.7 Å². The van der Waals surface area contributed by atoms with Crippen LogP contribution in [0.3, 0.4) is 0 Å². The molecular weight excluding hydrogens is 144 g/mol. The van der Waals surface area contributed by atoms with Crippen LogP contribution in [0, 0.1) is 0 Å². The topological polar surface area (TPSA) is 52.5 Å². The molecule has 0 amide bonds. The Kier molecular flexibility index (Phi) is 9.77. The minimum Gasteiger partial charge on any atom is -0.854 e. The van der Waals surface area contributed by atoms with Crippen molar-refractivity contribution < 1.29 is 14.9 Å². The van der Waals surface area contributed by atoms with E-state index in [0.717, 1.165) is 25.9 Å². The molecule has 0 spiro atoms. The van der Waals surface area contributed by atoms with E-state index in [1.807, 2.05) is 0 Å². The maximum absolute atomic E-state index is 9.95. The van der Waals surface area contributed by atoms with Gasteiger partial charge in [-0.15, -0.1) is 6.61 Å². The first-order chi connectivity index (χ1) is 5.41. The van der Waals surface area contributed by atoms with Gasteiger partial charge in [-0.2, -0.15) is 0 Å². The van der Waals surface area contributed by atoms with Crippen molar-refractivity contribution in [3.63, 3.8) is 0 Å². The Morgan fingerprint density at radius 1 is 1.00 bits per heavy atom. The van der Waals surface area contributed by atoms with Gasteiger partial charge in [0.2, 0.25) is 0 Å². The van der Waals surface area contributed by atoms with E-state index >= 15 is 0 Å². The standard InChI is InChI=1S/C8H17O3/c9-5-2-1-3-7-11-8-4-6-10/h9H,1-8H2/q-1. The number of ether oxygens (including phenoxy) is 1. The molecule has 0 atom stereocenters. The zero-order valence-corrected chi connectivity index (χ0v) is 6.92. The molecule has 0 rings (SSSR count). The Balaban J connectivity index is 2.69. The second-order valence-electron chi connectivity index (χ2n) is 2.45. The zero-order valence-electron chi connectivity index (χ0n) is 6.92. The van der Waals surface area contributed by atoms with Gasteiger partial charge in [-0.25, -0.2) is 0 Å². The van der Waals surface area contributed by atoms with Crippen LogP contribution in [0.4, 0.5) is 0 Å². The average molecular weight is 161 g/mol. The summed E-state index contributed by atoms with van der Waals surface area (Å²) in [5, 5.41) is 18.4. The predicted octanol–water partition coefficient (Wildman–Crippen LogP) is -0.0840. The van der Waals surface area contributed by atoms with Gasteiger partial charge in [-0.1, -0.05) is 0 Å². The molecule has 0 aliphatic carbocycles. The minimum absolute atomic E-state index is 0.0450. The summed E-state index contributed by atoms with van der Waals surface area (Å²) in [7, 11) is 0. The highest BCUT2D eigenvalue weighted by Crippen LogP contribution is 1.94. The van der Waals surface area contributed by atoms with Crippen molar-refractivity contribution in [1.82, 2.24) is 0 Å². The third kappa shape index (κ3) is 9.88. The van der Waals surface area contributed by atoms with Crippen LogP contribution in [0.5, 0.6) is 0 Å². The number of hydrogen-bond donors (Lipinski definition) is 1. The van der Waals surface area contributed by atoms with E-state index in [2.05, 4.69) is 0 Å². The summed E-state index contributed by atoms with van der Waals surface area (Å²) >= 11 is 0. The van der Waals surface area contributed by atoms with Crippen molar-refractivity contribution in [2.45, 2.75) is 25.7 Å². The van der Waals surface area contributed by atoms with Crippen molar-refractivity contribution in [2.24, 2.45) is 0 Å². The summed E-state index contributed by atoms with van der Waals surface area (Å²) in [5.74, 6) is 0. The molecule has 0 saturated heterocycles. The van der Waals surface area contributed by atoms with Crippen LogP contribution in [0.1, 0.15) is 25.7 Å². The van der Waals surface area contributed by atoms with Gasteiger partial charge >= 0.3 is 0 Å². The first-order valence-corrected chi connectivity index (χ1v) is 4.18. The van der Waals surface area contributed by atoms with E-state index in [9.17, 15) is 5.11 Å². The molecule has 0 unspecified atom stereocenters. The SMILES string of the molecule is [O-]CCCOCCCCCO. The molecule has 0 bridgehead atoms. The minimum atomic E-state index is -0.0450. The molecule has 0 radical (unpaired) electrons. The van der Waals surface area contributed by atoms with Gasteiger partial charge in [0.05, 0.1) is 0 Å². The number of hydrogen-bond acceptors (Lipinski definition) is 3. The van der Waals surface area contributed by atoms with Crippen LogP contribution in [0.15, 0.2) is 0 Å². The molecule has 0 heterocycles. The first-order valence-electron chi connectivity index (χ1n) is 4.18. The van der Waals surface area contributed by atoms with E-state index in [0.29, 0.717) is 13.0 Å². The van der Waals surface area contributed by atoms with Crippen molar-refractivity contribution in [1.29, 1.82) is 0 Å². The monoisotopic (exact) mass is 161 g/mol. The highest BCUT2D eigenvalue weighted by molar-refractivity contribution is 4.39. The number of aliphatic hydroxyl groups is 1. The van der Waals surface area contributed by atoms with E-state index in [1.54, 1.807) is 0 Å². The summed E-state index contributed by atoms with van der Waals surface area (Å²) in [5.41, 5.74) is 0. The first kappa shape index (κ1) is 10.9. The maximum atomic E-state index is 9.95. The molecule has 0 aromatic heterocycles. The number of aliphatic hydroxyl groups excluding tert-OH is 1. The third-order valence-corrected chi connectivity index (χ3v) is 1.38. The van der Waals surface area contributed by atoms with Crippen LogP contribution >= 0.6 is 0 Å². The van der Waals surface area contributed by atoms with E-state index in [4.69, 9.17) is 9.84 Å². The lowest BCUT2D eigenvalue weighted by molar-refractivity contribution is -0.369. The second kappa shape index (κ2) is 9.88. The van der Waals surface area contributed by atoms with Crippen LogP contribution < -0.4 is 5.11 Å². The van der Waals surface area contributed by atoms with Crippen molar-refractivity contribution in [3.05, 3.63) is 0 Å². The normalized spacial score (nSPS) is 10.4. The summed E-state index contributed by atoms with van der Waals surface area (Å²) in [4.78, 5) is 0. The van der Waals surface area contributed by atoms with Crippen molar-refractivity contribution >= 4 is 0 Å². The lowest BCUT2D eigenvalue weighted by Gasteiger charge is -2.04. The Morgan fingerprint density at radius 2 is 1.73 bits per heavy atom. The maximum Gasteiger partial charge on any atom is 0.0466 e. The lowest BCUT2D eigenvalue weighted by Crippen LogP contribution is -2.09. The van der Waals surface area contributed by atoms with Crippen molar-refractivity contribution in [3.8, 4) is 0 Å². The van der Waals surface area contributed by atoms with Crippen molar-refractivity contribution in [2.75, 3.05) is 26.4 Å². The fourth-order valence-corrected chi connectivity index (χ4v) is 0.756. The van der Waals surface area contributed by atoms with Gasteiger partial charge in [0.15, 0.2) is 0 Å². The Bertz CT molecular complexity index is 58.4. The molecule has 1 N–H and O–H groups in total. The summed E-state index contributed by atoms with van der Waals surface area (Å²) in [6, 6.07) is 0. The molecule has 0 aromatic carbocycles. The zero-order chi connectivity index (χ0) is 8.36. The molecule has 11 heavy (non-hydrogen) atoms. The predicted molar refractivity (Wildman–Crippen MR) is 41.2 cm³/mol. The average Bonchev–Trinajstić information content (AvgIpc) is 2.03. The fraction of sp³-hybridized carbons (Fsp3) is 1.00. The Hall–Kier alpha value is -0.120. The third-order valence-electron chi connectivity index (χ3n) is 1.38. The van der Waals surface area contributed by atoms with Gasteiger partial charge in [-0.3, -0.25) is 0 Å². The van der Waals surface area contributed by atoms with E-state index in [-0.39, 0.29) is 13.2 Å². The molecule has 3 heteroatoms. The highest BCUT2D eigenvalue weighted by atomic mass is 16.5. The summed E-state index contributed by atoms with van der Waals surface area (Å²) < 4.78 is 5.14. The molecular formula is C8H17O3-. The molecule has 0 aromatic rings. The van der Waals surface area contributed by atoms with Crippen LogP contribution in [-0.4, -0.2) is 31.5 Å². The molecule has 0 aliphatic heterocycles. The summed E-state index contributed by atoms with van der Waals surface area (Å²) in [6.45, 7) is 1.53. The lowest BCUT2D eigenvalue weighted by atomic mass is 10.2. The summed E-state index contributed by atoms with van der Waals surface area (Å²) in [6.07, 6.45) is 3.46. The van der Waals surface area contributed by atoms with E-state index < -0.39 is 0 Å². The van der Waals surface area contributed by atoms with Gasteiger partial charge in [0, 0.05) is 19.8 Å². The second-order valence-corrected chi connectivity index (χ2v) is 2.45. The molecule has 0 saturated carbocycles. The molecule has 0 aliphatic rings. The van der Waals surface area contributed by atoms with Crippen LogP contribution in [0.25, 0.3) is 0 Å². The highest BCUT2D eigenvalue weighted by Gasteiger charge is 1.87. The van der Waals surface area contributed by atoms with Gasteiger partial charge in [0.1, 0.15) is 0 Å². The van der Waals surface area contributed by atoms with Gasteiger partial charge in [0.25, 0.3) is 0 Å². The molecule has 0 fully saturated rings. The quantitative estimate of drug-likeness (QED) is 0.506. The molecule has 3 nitrogen and oxygen atoms in total. The molecule has 68 valence electrons. The largest absolute Gasteiger partial charge is 0.854 e. The Morgan fingerprint density at radius 3 is 2.36 bits per heavy atom. The number of rotatable bonds is 8. The van der Waals surface area contributed by atoms with Gasteiger partial charge < -0.3 is 14.9 Å². The fourth-order valence-electron chi connectivity index (χ4n) is 0.756. The number of unbranched alkanes of at least 4 members (excludes halogenated alkanes) is 2. The van der Waals surface area contributed by atoms with Crippen LogP contribution in [0.2, 0.25) is 0 Å². The van der Waals surface area contributed by atoms with Crippen LogP contribution in [-0.2, 0) is 4.74 Å². The Labute approximate surface area is 68.0 Å².